The third-order valence-electron chi connectivity index (χ3n) is 3.41. The van der Waals surface area contributed by atoms with Gasteiger partial charge in [0.05, 0.1) is 21.3 Å². The Morgan fingerprint density at radius 2 is 1.85 bits per heavy atom. The van der Waals surface area contributed by atoms with E-state index in [2.05, 4.69) is 0 Å². The van der Waals surface area contributed by atoms with Crippen LogP contribution in [0.4, 0.5) is 5.69 Å². The molecule has 2 rings (SSSR count). The van der Waals surface area contributed by atoms with Crippen LogP contribution in [-0.2, 0) is 14.8 Å². The second-order valence-electron chi connectivity index (χ2n) is 5.00. The van der Waals surface area contributed by atoms with E-state index in [9.17, 15) is 13.2 Å². The first-order valence-electron chi connectivity index (χ1n) is 7.43. The minimum atomic E-state index is -4.06. The van der Waals surface area contributed by atoms with E-state index in [1.807, 2.05) is 0 Å². The largest absolute Gasteiger partial charge is 0.447 e. The van der Waals surface area contributed by atoms with Gasteiger partial charge in [0.2, 0.25) is 0 Å². The van der Waals surface area contributed by atoms with Gasteiger partial charge in [0.25, 0.3) is 10.0 Å². The molecule has 136 valence electrons. The molecule has 26 heavy (non-hydrogen) atoms. The van der Waals surface area contributed by atoms with Crippen molar-refractivity contribution in [2.24, 2.45) is 0 Å². The van der Waals surface area contributed by atoms with Gasteiger partial charge in [-0.15, -0.1) is 0 Å². The minimum absolute atomic E-state index is 0.0698. The molecule has 0 aliphatic carbocycles. The highest BCUT2D eigenvalue weighted by Crippen LogP contribution is 2.32. The Labute approximate surface area is 161 Å². The van der Waals surface area contributed by atoms with Crippen LogP contribution in [0.5, 0.6) is 0 Å². The van der Waals surface area contributed by atoms with Gasteiger partial charge in [-0.2, -0.15) is 5.26 Å². The van der Waals surface area contributed by atoms with Crippen molar-refractivity contribution < 1.29 is 17.9 Å². The summed E-state index contributed by atoms with van der Waals surface area (Å²) < 4.78 is 32.0. The molecule has 0 bridgehead atoms. The van der Waals surface area contributed by atoms with Crippen molar-refractivity contribution in [1.29, 1.82) is 5.26 Å². The molecular weight excluding hydrogens is 399 g/mol. The van der Waals surface area contributed by atoms with E-state index < -0.39 is 22.6 Å². The molecular formula is C17H14Cl2N2O4S. The lowest BCUT2D eigenvalue weighted by Gasteiger charge is -2.23. The number of hydrogen-bond acceptors (Lipinski definition) is 5. The number of para-hydroxylation sites is 1. The lowest BCUT2D eigenvalue weighted by molar-refractivity contribution is 0.0555. The number of benzene rings is 2. The SMILES string of the molecule is CCN(c1ccccc1)S(=O)(=O)c1cc(C(=O)OCC#N)c(Cl)cc1Cl. The molecule has 0 unspecified atom stereocenters. The second-order valence-corrected chi connectivity index (χ2v) is 7.65. The molecule has 0 radical (unpaired) electrons. The van der Waals surface area contributed by atoms with E-state index in [-0.39, 0.29) is 27.0 Å². The molecule has 0 fully saturated rings. The summed E-state index contributed by atoms with van der Waals surface area (Å²) in [7, 11) is -4.06. The third kappa shape index (κ3) is 4.10. The number of halogens is 2. The Kier molecular flexibility index (Phi) is 6.48. The molecule has 9 heteroatoms. The number of anilines is 1. The molecule has 0 spiro atoms. The number of hydrogen-bond donors (Lipinski definition) is 0. The van der Waals surface area contributed by atoms with Crippen LogP contribution in [0.2, 0.25) is 10.0 Å². The predicted octanol–water partition coefficient (Wildman–Crippen LogP) is 3.89. The predicted molar refractivity (Wildman–Crippen MR) is 99.0 cm³/mol. The first-order chi connectivity index (χ1) is 12.3. The average molecular weight is 413 g/mol. The fraction of sp³-hybridized carbons (Fsp3) is 0.176. The first-order valence-corrected chi connectivity index (χ1v) is 9.63. The van der Waals surface area contributed by atoms with E-state index >= 15 is 0 Å². The Balaban J connectivity index is 2.55. The number of carbonyl (C=O) groups is 1. The van der Waals surface area contributed by atoms with Gasteiger partial charge >= 0.3 is 5.97 Å². The molecule has 2 aromatic rings. The number of carbonyl (C=O) groups excluding carboxylic acids is 1. The summed E-state index contributed by atoms with van der Waals surface area (Å²) in [4.78, 5) is 11.7. The number of sulfonamides is 1. The molecule has 0 aromatic heterocycles. The maximum Gasteiger partial charge on any atom is 0.340 e. The maximum atomic E-state index is 13.1. The zero-order valence-corrected chi connectivity index (χ0v) is 16.0. The van der Waals surface area contributed by atoms with Crippen molar-refractivity contribution in [2.75, 3.05) is 17.5 Å². The molecule has 0 saturated carbocycles. The third-order valence-corrected chi connectivity index (χ3v) is 6.09. The highest BCUT2D eigenvalue weighted by molar-refractivity contribution is 7.93. The van der Waals surface area contributed by atoms with Crippen LogP contribution in [0, 0.1) is 11.3 Å². The summed E-state index contributed by atoms with van der Waals surface area (Å²) in [6, 6.07) is 12.4. The zero-order valence-electron chi connectivity index (χ0n) is 13.6. The molecule has 0 atom stereocenters. The topological polar surface area (TPSA) is 87.5 Å². The Bertz CT molecular complexity index is 957. The lowest BCUT2D eigenvalue weighted by Crippen LogP contribution is -2.31. The van der Waals surface area contributed by atoms with E-state index in [4.69, 9.17) is 33.2 Å². The standard InChI is InChI=1S/C17H14Cl2N2O4S/c1-2-21(12-6-4-3-5-7-12)26(23,24)16-10-13(14(18)11-15(16)19)17(22)25-9-8-20/h3-7,10-11H,2,9H2,1H3. The fourth-order valence-electron chi connectivity index (χ4n) is 2.26. The van der Waals surface area contributed by atoms with E-state index in [1.165, 1.54) is 0 Å². The van der Waals surface area contributed by atoms with Crippen LogP contribution >= 0.6 is 23.2 Å². The highest BCUT2D eigenvalue weighted by atomic mass is 35.5. The van der Waals surface area contributed by atoms with Crippen LogP contribution in [-0.4, -0.2) is 27.5 Å². The van der Waals surface area contributed by atoms with Gasteiger partial charge in [0, 0.05) is 6.54 Å². The van der Waals surface area contributed by atoms with Gasteiger partial charge in [0.15, 0.2) is 6.61 Å². The van der Waals surface area contributed by atoms with Crippen LogP contribution in [0.1, 0.15) is 17.3 Å². The zero-order chi connectivity index (χ0) is 19.3. The number of nitriles is 1. The molecule has 0 heterocycles. The monoisotopic (exact) mass is 412 g/mol. The van der Waals surface area contributed by atoms with Crippen molar-refractivity contribution >= 4 is 44.9 Å². The summed E-state index contributed by atoms with van der Waals surface area (Å²) in [6.45, 7) is 1.35. The lowest BCUT2D eigenvalue weighted by atomic mass is 10.2. The summed E-state index contributed by atoms with van der Waals surface area (Å²) in [6.07, 6.45) is 0. The second kappa shape index (κ2) is 8.41. The minimum Gasteiger partial charge on any atom is -0.447 e. The van der Waals surface area contributed by atoms with Gasteiger partial charge in [0.1, 0.15) is 11.0 Å². The van der Waals surface area contributed by atoms with Gasteiger partial charge in [-0.1, -0.05) is 41.4 Å². The number of rotatable bonds is 6. The maximum absolute atomic E-state index is 13.1. The van der Waals surface area contributed by atoms with Crippen LogP contribution in [0.3, 0.4) is 0 Å². The first kappa shape index (κ1) is 20.0. The Morgan fingerprint density at radius 3 is 2.42 bits per heavy atom. The van der Waals surface area contributed by atoms with Crippen molar-refractivity contribution in [3.05, 3.63) is 58.1 Å². The Morgan fingerprint density at radius 1 is 1.19 bits per heavy atom. The van der Waals surface area contributed by atoms with Crippen molar-refractivity contribution in [1.82, 2.24) is 0 Å². The van der Waals surface area contributed by atoms with E-state index in [1.54, 1.807) is 43.3 Å². The van der Waals surface area contributed by atoms with Gasteiger partial charge in [-0.3, -0.25) is 4.31 Å². The molecule has 6 nitrogen and oxygen atoms in total. The van der Waals surface area contributed by atoms with Crippen molar-refractivity contribution in [3.63, 3.8) is 0 Å². The quantitative estimate of drug-likeness (QED) is 0.671. The van der Waals surface area contributed by atoms with E-state index in [0.29, 0.717) is 5.69 Å². The molecule has 0 saturated heterocycles. The molecule has 0 N–H and O–H groups in total. The normalized spacial score (nSPS) is 10.8. The van der Waals surface area contributed by atoms with E-state index in [0.717, 1.165) is 16.4 Å². The molecule has 0 aliphatic rings. The molecule has 2 aromatic carbocycles. The van der Waals surface area contributed by atoms with Crippen LogP contribution in [0.15, 0.2) is 47.4 Å². The van der Waals surface area contributed by atoms with Crippen LogP contribution < -0.4 is 4.31 Å². The highest BCUT2D eigenvalue weighted by Gasteiger charge is 2.28. The number of nitrogens with zero attached hydrogens (tertiary/aromatic N) is 2. The smallest absolute Gasteiger partial charge is 0.340 e. The average Bonchev–Trinajstić information content (AvgIpc) is 2.60. The molecule has 0 amide bonds. The summed E-state index contributed by atoms with van der Waals surface area (Å²) in [5.74, 6) is -0.910. The summed E-state index contributed by atoms with van der Waals surface area (Å²) in [5.41, 5.74) is 0.267. The number of ether oxygens (including phenoxy) is 1. The van der Waals surface area contributed by atoms with Crippen molar-refractivity contribution in [3.8, 4) is 6.07 Å². The summed E-state index contributed by atoms with van der Waals surface area (Å²) in [5, 5.41) is 8.31. The number of esters is 1. The fourth-order valence-corrected chi connectivity index (χ4v) is 4.56. The van der Waals surface area contributed by atoms with Gasteiger partial charge in [-0.05, 0) is 31.2 Å². The van der Waals surface area contributed by atoms with Gasteiger partial charge in [-0.25, -0.2) is 13.2 Å². The van der Waals surface area contributed by atoms with Crippen molar-refractivity contribution in [2.45, 2.75) is 11.8 Å². The Hall–Kier alpha value is -2.27. The van der Waals surface area contributed by atoms with Crippen LogP contribution in [0.25, 0.3) is 0 Å². The summed E-state index contributed by atoms with van der Waals surface area (Å²) >= 11 is 12.1. The van der Waals surface area contributed by atoms with Gasteiger partial charge < -0.3 is 4.74 Å². The molecule has 0 aliphatic heterocycles.